The zero-order chi connectivity index (χ0) is 16.1. The van der Waals surface area contributed by atoms with Gasteiger partial charge in [-0.2, -0.15) is 0 Å². The van der Waals surface area contributed by atoms with Crippen LogP contribution in [0.2, 0.25) is 10.0 Å². The first kappa shape index (κ1) is 20.6. The summed E-state index contributed by atoms with van der Waals surface area (Å²) in [4.78, 5) is 14.4. The highest BCUT2D eigenvalue weighted by Crippen LogP contribution is 2.24. The van der Waals surface area contributed by atoms with Gasteiger partial charge >= 0.3 is 0 Å². The van der Waals surface area contributed by atoms with Crippen LogP contribution in [0.15, 0.2) is 18.2 Å². The highest BCUT2D eigenvalue weighted by Gasteiger charge is 2.28. The Labute approximate surface area is 154 Å². The highest BCUT2D eigenvalue weighted by molar-refractivity contribution is 6.42. The molecule has 1 aliphatic rings. The summed E-state index contributed by atoms with van der Waals surface area (Å²) in [7, 11) is 0. The molecule has 0 aliphatic carbocycles. The lowest BCUT2D eigenvalue weighted by Crippen LogP contribution is -2.51. The van der Waals surface area contributed by atoms with Crippen LogP contribution in [0.25, 0.3) is 0 Å². The number of halogens is 3. The fourth-order valence-electron chi connectivity index (χ4n) is 3.10. The van der Waals surface area contributed by atoms with E-state index >= 15 is 0 Å². The summed E-state index contributed by atoms with van der Waals surface area (Å²) in [5.74, 6) is 0.224. The molecule has 0 spiro atoms. The lowest BCUT2D eigenvalue weighted by Gasteiger charge is -2.38. The van der Waals surface area contributed by atoms with Crippen molar-refractivity contribution in [3.63, 3.8) is 0 Å². The van der Waals surface area contributed by atoms with Gasteiger partial charge in [0.25, 0.3) is 0 Å². The molecule has 1 fully saturated rings. The van der Waals surface area contributed by atoms with E-state index in [-0.39, 0.29) is 30.4 Å². The predicted octanol–water partition coefficient (Wildman–Crippen LogP) is 4.47. The third kappa shape index (κ3) is 5.82. The summed E-state index contributed by atoms with van der Waals surface area (Å²) >= 11 is 11.9. The van der Waals surface area contributed by atoms with Crippen LogP contribution < -0.4 is 5.73 Å². The summed E-state index contributed by atoms with van der Waals surface area (Å²) in [5, 5.41) is 1.13. The van der Waals surface area contributed by atoms with Gasteiger partial charge in [0.15, 0.2) is 0 Å². The number of nitrogens with zero attached hydrogens (tertiary/aromatic N) is 1. The second kappa shape index (κ2) is 9.73. The lowest BCUT2D eigenvalue weighted by molar-refractivity contribution is -0.135. The minimum Gasteiger partial charge on any atom is -0.338 e. The molecule has 2 N–H and O–H groups in total. The molecule has 0 bridgehead atoms. The van der Waals surface area contributed by atoms with Crippen LogP contribution in [-0.4, -0.2) is 29.4 Å². The number of hydrogen-bond acceptors (Lipinski definition) is 2. The molecule has 0 radical (unpaired) electrons. The van der Waals surface area contributed by atoms with E-state index in [0.29, 0.717) is 16.5 Å². The minimum atomic E-state index is 0. The average molecular weight is 380 g/mol. The maximum Gasteiger partial charge on any atom is 0.222 e. The van der Waals surface area contributed by atoms with E-state index in [1.165, 1.54) is 6.42 Å². The zero-order valence-corrected chi connectivity index (χ0v) is 15.8. The Kier molecular flexibility index (Phi) is 8.70. The fraction of sp³-hybridized carbons (Fsp3) is 0.588. The second-order valence-electron chi connectivity index (χ2n) is 6.11. The molecule has 6 heteroatoms. The average Bonchev–Trinajstić information content (AvgIpc) is 2.50. The Hall–Kier alpha value is -0.480. The summed E-state index contributed by atoms with van der Waals surface area (Å²) in [6, 6.07) is 5.88. The molecule has 1 saturated heterocycles. The molecule has 2 rings (SSSR count). The van der Waals surface area contributed by atoms with Crippen molar-refractivity contribution >= 4 is 41.5 Å². The van der Waals surface area contributed by atoms with E-state index in [0.717, 1.165) is 37.8 Å². The topological polar surface area (TPSA) is 46.3 Å². The first-order chi connectivity index (χ1) is 10.5. The van der Waals surface area contributed by atoms with Gasteiger partial charge in [-0.05, 0) is 56.7 Å². The van der Waals surface area contributed by atoms with Gasteiger partial charge in [-0.15, -0.1) is 12.4 Å². The predicted molar refractivity (Wildman–Crippen MR) is 99.6 cm³/mol. The van der Waals surface area contributed by atoms with Gasteiger partial charge in [0.2, 0.25) is 5.91 Å². The van der Waals surface area contributed by atoms with Crippen molar-refractivity contribution in [2.24, 2.45) is 5.73 Å². The molecule has 1 heterocycles. The molecule has 1 amide bonds. The number of rotatable bonds is 5. The van der Waals surface area contributed by atoms with E-state index in [1.54, 1.807) is 6.07 Å². The Morgan fingerprint density at radius 3 is 2.74 bits per heavy atom. The summed E-state index contributed by atoms with van der Waals surface area (Å²) in [6.07, 6.45) is 5.49. The summed E-state index contributed by atoms with van der Waals surface area (Å²) in [6.45, 7) is 2.84. The van der Waals surface area contributed by atoms with Crippen LogP contribution in [-0.2, 0) is 11.2 Å². The molecule has 3 nitrogen and oxygen atoms in total. The third-order valence-electron chi connectivity index (χ3n) is 4.32. The van der Waals surface area contributed by atoms with Gasteiger partial charge in [0.1, 0.15) is 0 Å². The highest BCUT2D eigenvalue weighted by atomic mass is 35.5. The molecular formula is C17H25Cl3N2O. The number of hydrogen-bond donors (Lipinski definition) is 1. The molecule has 2 unspecified atom stereocenters. The van der Waals surface area contributed by atoms with Gasteiger partial charge in [-0.1, -0.05) is 29.3 Å². The number of nitrogens with two attached hydrogens (primary N) is 1. The zero-order valence-electron chi connectivity index (χ0n) is 13.4. The van der Waals surface area contributed by atoms with Crippen LogP contribution in [0.3, 0.4) is 0 Å². The first-order valence-corrected chi connectivity index (χ1v) is 8.73. The molecule has 1 aliphatic heterocycles. The van der Waals surface area contributed by atoms with Crippen LogP contribution >= 0.6 is 35.6 Å². The monoisotopic (exact) mass is 378 g/mol. The number of carbonyl (C=O) groups excluding carboxylic acids is 1. The smallest absolute Gasteiger partial charge is 0.222 e. The van der Waals surface area contributed by atoms with Crippen molar-refractivity contribution in [1.82, 2.24) is 4.90 Å². The van der Waals surface area contributed by atoms with Gasteiger partial charge in [-0.25, -0.2) is 0 Å². The van der Waals surface area contributed by atoms with Crippen LogP contribution in [0.4, 0.5) is 0 Å². The van der Waals surface area contributed by atoms with E-state index < -0.39 is 0 Å². The molecule has 1 aromatic carbocycles. The number of piperidine rings is 1. The van der Waals surface area contributed by atoms with Crippen LogP contribution in [0, 0.1) is 0 Å². The van der Waals surface area contributed by atoms with Gasteiger partial charge < -0.3 is 10.6 Å². The lowest BCUT2D eigenvalue weighted by atomic mass is 9.96. The van der Waals surface area contributed by atoms with Crippen LogP contribution in [0.5, 0.6) is 0 Å². The van der Waals surface area contributed by atoms with E-state index in [1.807, 2.05) is 24.0 Å². The molecule has 2 atom stereocenters. The van der Waals surface area contributed by atoms with Crippen LogP contribution in [0.1, 0.15) is 44.6 Å². The first-order valence-electron chi connectivity index (χ1n) is 7.98. The Balaban J connectivity index is 0.00000264. The summed E-state index contributed by atoms with van der Waals surface area (Å²) in [5.41, 5.74) is 7.14. The minimum absolute atomic E-state index is 0. The van der Waals surface area contributed by atoms with Gasteiger partial charge in [-0.3, -0.25) is 4.79 Å². The SMILES string of the molecule is CC(N)C1CCCCN1C(=O)CCCc1ccc(Cl)c(Cl)c1.Cl. The second-order valence-corrected chi connectivity index (χ2v) is 6.93. The molecule has 1 aromatic rings. The molecular weight excluding hydrogens is 355 g/mol. The van der Waals surface area contributed by atoms with E-state index in [4.69, 9.17) is 28.9 Å². The number of likely N-dealkylation sites (tertiary alicyclic amines) is 1. The fourth-order valence-corrected chi connectivity index (χ4v) is 3.42. The van der Waals surface area contributed by atoms with E-state index in [9.17, 15) is 4.79 Å². The van der Waals surface area contributed by atoms with Crippen molar-refractivity contribution < 1.29 is 4.79 Å². The normalized spacial score (nSPS) is 19.1. The third-order valence-corrected chi connectivity index (χ3v) is 5.06. The largest absolute Gasteiger partial charge is 0.338 e. The Bertz CT molecular complexity index is 523. The summed E-state index contributed by atoms with van der Waals surface area (Å²) < 4.78 is 0. The van der Waals surface area contributed by atoms with Crippen molar-refractivity contribution in [1.29, 1.82) is 0 Å². The standard InChI is InChI=1S/C17H24Cl2N2O.ClH/c1-12(20)16-6-2-3-10-21(16)17(22)7-4-5-13-8-9-14(18)15(19)11-13;/h8-9,11-12,16H,2-7,10,20H2,1H3;1H. The van der Waals surface area contributed by atoms with E-state index in [2.05, 4.69) is 0 Å². The number of aryl methyl sites for hydroxylation is 1. The van der Waals surface area contributed by atoms with Crippen molar-refractivity contribution in [2.75, 3.05) is 6.54 Å². The quantitative estimate of drug-likeness (QED) is 0.820. The Morgan fingerprint density at radius 2 is 2.09 bits per heavy atom. The van der Waals surface area contributed by atoms with Crippen molar-refractivity contribution in [2.45, 2.75) is 57.5 Å². The van der Waals surface area contributed by atoms with Gasteiger partial charge in [0.05, 0.1) is 10.0 Å². The molecule has 0 aromatic heterocycles. The molecule has 23 heavy (non-hydrogen) atoms. The maximum absolute atomic E-state index is 12.4. The Morgan fingerprint density at radius 1 is 1.35 bits per heavy atom. The van der Waals surface area contributed by atoms with Gasteiger partial charge in [0, 0.05) is 25.0 Å². The number of benzene rings is 1. The van der Waals surface area contributed by atoms with Crippen molar-refractivity contribution in [3.05, 3.63) is 33.8 Å². The number of carbonyl (C=O) groups is 1. The molecule has 130 valence electrons. The van der Waals surface area contributed by atoms with Crippen molar-refractivity contribution in [3.8, 4) is 0 Å². The number of amides is 1. The molecule has 0 saturated carbocycles. The maximum atomic E-state index is 12.4.